The van der Waals surface area contributed by atoms with E-state index in [-0.39, 0.29) is 12.3 Å². The zero-order chi connectivity index (χ0) is 33.3. The molecule has 0 aliphatic heterocycles. The smallest absolute Gasteiger partial charge is 0.267 e. The topological polar surface area (TPSA) is 104 Å². The van der Waals surface area contributed by atoms with Gasteiger partial charge in [0.05, 0.1) is 17.9 Å². The van der Waals surface area contributed by atoms with Gasteiger partial charge in [0.15, 0.2) is 0 Å². The minimum atomic E-state index is -4.34. The van der Waals surface area contributed by atoms with Gasteiger partial charge in [-0.15, -0.1) is 0 Å². The maximum Gasteiger partial charge on any atom is 0.267 e. The third-order valence-corrected chi connectivity index (χ3v) is 9.40. The quantitative estimate of drug-likeness (QED) is 0.0363. The van der Waals surface area contributed by atoms with Crippen LogP contribution in [0.1, 0.15) is 194 Å². The minimum Gasteiger partial charge on any atom is -0.387 e. The number of unbranched alkanes of at least 4 members (excludes halogenated alkanes) is 24. The lowest BCUT2D eigenvalue weighted by Gasteiger charge is -2.21. The summed E-state index contributed by atoms with van der Waals surface area (Å²) < 4.78 is 32.4. The van der Waals surface area contributed by atoms with Crippen molar-refractivity contribution in [3.63, 3.8) is 0 Å². The highest BCUT2D eigenvalue weighted by Crippen LogP contribution is 2.15. The van der Waals surface area contributed by atoms with Gasteiger partial charge in [0.2, 0.25) is 5.91 Å². The molecule has 0 aromatic rings. The molecule has 0 heterocycles. The number of rotatable bonds is 34. The fraction of sp³-hybridized carbons (Fsp3) is 0.868. The monoisotopic (exact) mass is 656 g/mol. The van der Waals surface area contributed by atoms with Gasteiger partial charge in [0.1, 0.15) is 0 Å². The van der Waals surface area contributed by atoms with Crippen molar-refractivity contribution < 1.29 is 22.9 Å². The first-order valence-corrected chi connectivity index (χ1v) is 20.6. The molecule has 7 heteroatoms. The van der Waals surface area contributed by atoms with E-state index in [1.807, 2.05) is 6.08 Å². The molecule has 0 aliphatic rings. The summed E-state index contributed by atoms with van der Waals surface area (Å²) in [5, 5.41) is 13.2. The number of hydrogen-bond acceptors (Lipinski definition) is 4. The molecule has 0 rings (SSSR count). The SMILES string of the molecule is CCCCC/C=C\CCCCCCCC(=O)NC(CS(=O)(=O)O)C(O)/C=C/CCCCCCCCCCCCCCCCCC. The number of aliphatic hydroxyl groups excluding tert-OH is 1. The summed E-state index contributed by atoms with van der Waals surface area (Å²) in [5.74, 6) is -0.987. The van der Waals surface area contributed by atoms with Crippen LogP contribution in [0.2, 0.25) is 0 Å². The Hall–Kier alpha value is -1.18. The van der Waals surface area contributed by atoms with Crippen molar-refractivity contribution in [2.45, 2.75) is 206 Å². The lowest BCUT2D eigenvalue weighted by atomic mass is 10.0. The molecule has 0 saturated heterocycles. The molecule has 2 atom stereocenters. The fourth-order valence-corrected chi connectivity index (χ4v) is 6.47. The Kier molecular flexibility index (Phi) is 31.9. The van der Waals surface area contributed by atoms with E-state index < -0.39 is 28.0 Å². The maximum absolute atomic E-state index is 12.4. The molecule has 45 heavy (non-hydrogen) atoms. The van der Waals surface area contributed by atoms with Crippen LogP contribution < -0.4 is 5.32 Å². The summed E-state index contributed by atoms with van der Waals surface area (Å²) in [6, 6.07) is -1.06. The lowest BCUT2D eigenvalue weighted by Crippen LogP contribution is -2.46. The molecule has 0 aliphatic carbocycles. The van der Waals surface area contributed by atoms with E-state index in [0.717, 1.165) is 57.8 Å². The summed E-state index contributed by atoms with van der Waals surface area (Å²) in [7, 11) is -4.34. The molecule has 3 N–H and O–H groups in total. The van der Waals surface area contributed by atoms with E-state index in [9.17, 15) is 22.9 Å². The predicted molar refractivity (Wildman–Crippen MR) is 193 cm³/mol. The molecular weight excluding hydrogens is 582 g/mol. The lowest BCUT2D eigenvalue weighted by molar-refractivity contribution is -0.122. The Morgan fingerprint density at radius 1 is 0.578 bits per heavy atom. The largest absolute Gasteiger partial charge is 0.387 e. The van der Waals surface area contributed by atoms with Crippen LogP contribution in [0.25, 0.3) is 0 Å². The third-order valence-electron chi connectivity index (χ3n) is 8.62. The fourth-order valence-electron chi connectivity index (χ4n) is 5.74. The van der Waals surface area contributed by atoms with Crippen molar-refractivity contribution in [2.24, 2.45) is 0 Å². The van der Waals surface area contributed by atoms with Gasteiger partial charge in [0.25, 0.3) is 10.1 Å². The molecule has 0 spiro atoms. The van der Waals surface area contributed by atoms with Gasteiger partial charge in [-0.25, -0.2) is 0 Å². The number of amides is 1. The van der Waals surface area contributed by atoms with Gasteiger partial charge in [-0.3, -0.25) is 9.35 Å². The van der Waals surface area contributed by atoms with Crippen LogP contribution in [0.5, 0.6) is 0 Å². The zero-order valence-electron chi connectivity index (χ0n) is 29.5. The Bertz CT molecular complexity index is 811. The highest BCUT2D eigenvalue weighted by Gasteiger charge is 2.24. The van der Waals surface area contributed by atoms with Crippen LogP contribution in [0, 0.1) is 0 Å². The van der Waals surface area contributed by atoms with Crippen LogP contribution in [-0.4, -0.2) is 41.9 Å². The highest BCUT2D eigenvalue weighted by atomic mass is 32.2. The minimum absolute atomic E-state index is 0.287. The molecule has 0 aromatic carbocycles. The van der Waals surface area contributed by atoms with Crippen LogP contribution in [-0.2, 0) is 14.9 Å². The van der Waals surface area contributed by atoms with E-state index in [1.165, 1.54) is 116 Å². The van der Waals surface area contributed by atoms with Crippen LogP contribution in [0.4, 0.5) is 0 Å². The van der Waals surface area contributed by atoms with Gasteiger partial charge in [-0.05, 0) is 44.9 Å². The van der Waals surface area contributed by atoms with E-state index in [0.29, 0.717) is 0 Å². The van der Waals surface area contributed by atoms with Gasteiger partial charge < -0.3 is 10.4 Å². The summed E-state index contributed by atoms with van der Waals surface area (Å²) in [6.07, 6.45) is 40.2. The van der Waals surface area contributed by atoms with Crippen molar-refractivity contribution >= 4 is 16.0 Å². The summed E-state index contributed by atoms with van der Waals surface area (Å²) >= 11 is 0. The molecule has 0 fully saturated rings. The number of allylic oxidation sites excluding steroid dienone is 3. The molecule has 0 aromatic heterocycles. The van der Waals surface area contributed by atoms with Crippen molar-refractivity contribution in [2.75, 3.05) is 5.75 Å². The second kappa shape index (κ2) is 32.7. The van der Waals surface area contributed by atoms with Gasteiger partial charge in [-0.2, -0.15) is 8.42 Å². The highest BCUT2D eigenvalue weighted by molar-refractivity contribution is 7.85. The van der Waals surface area contributed by atoms with Gasteiger partial charge in [0, 0.05) is 6.42 Å². The predicted octanol–water partition coefficient (Wildman–Crippen LogP) is 10.8. The zero-order valence-corrected chi connectivity index (χ0v) is 30.3. The summed E-state index contributed by atoms with van der Waals surface area (Å²) in [4.78, 5) is 12.4. The van der Waals surface area contributed by atoms with Crippen LogP contribution in [0.15, 0.2) is 24.3 Å². The Morgan fingerprint density at radius 3 is 1.38 bits per heavy atom. The Morgan fingerprint density at radius 2 is 0.933 bits per heavy atom. The number of nitrogens with one attached hydrogen (secondary N) is 1. The number of hydrogen-bond donors (Lipinski definition) is 3. The number of aliphatic hydroxyl groups is 1. The summed E-state index contributed by atoms with van der Waals surface area (Å²) in [5.41, 5.74) is 0. The molecule has 266 valence electrons. The molecule has 0 bridgehead atoms. The first kappa shape index (κ1) is 43.8. The van der Waals surface area contributed by atoms with E-state index in [4.69, 9.17) is 0 Å². The Balaban J connectivity index is 3.95. The first-order chi connectivity index (χ1) is 21.8. The molecule has 2 unspecified atom stereocenters. The molecule has 0 saturated carbocycles. The van der Waals surface area contributed by atoms with Crippen molar-refractivity contribution in [1.82, 2.24) is 5.32 Å². The molecule has 6 nitrogen and oxygen atoms in total. The van der Waals surface area contributed by atoms with Crippen LogP contribution >= 0.6 is 0 Å². The first-order valence-electron chi connectivity index (χ1n) is 19.0. The second-order valence-electron chi connectivity index (χ2n) is 13.2. The Labute approximate surface area is 279 Å². The average molecular weight is 656 g/mol. The van der Waals surface area contributed by atoms with Gasteiger partial charge >= 0.3 is 0 Å². The van der Waals surface area contributed by atoms with Crippen molar-refractivity contribution in [1.29, 1.82) is 0 Å². The normalized spacial score (nSPS) is 13.6. The van der Waals surface area contributed by atoms with Gasteiger partial charge in [-0.1, -0.05) is 167 Å². The van der Waals surface area contributed by atoms with Crippen molar-refractivity contribution in [3.05, 3.63) is 24.3 Å². The van der Waals surface area contributed by atoms with E-state index in [1.54, 1.807) is 6.08 Å². The van der Waals surface area contributed by atoms with Crippen molar-refractivity contribution in [3.8, 4) is 0 Å². The number of carbonyl (C=O) groups is 1. The maximum atomic E-state index is 12.4. The third kappa shape index (κ3) is 34.0. The molecule has 0 radical (unpaired) electrons. The molecular formula is C38H73NO5S. The average Bonchev–Trinajstić information content (AvgIpc) is 3.00. The number of carbonyl (C=O) groups excluding carboxylic acids is 1. The van der Waals surface area contributed by atoms with Crippen LogP contribution in [0.3, 0.4) is 0 Å². The van der Waals surface area contributed by atoms with E-state index in [2.05, 4.69) is 31.3 Å². The molecule has 1 amide bonds. The van der Waals surface area contributed by atoms with E-state index >= 15 is 0 Å². The standard InChI is InChI=1S/C38H73NO5S/c1-3-5-7-9-11-13-15-17-18-19-20-21-22-23-25-27-29-31-33-37(40)36(35-45(42,43)44)39-38(41)34-32-30-28-26-24-16-14-12-10-8-6-4-2/h12,14,31,33,36-37,40H,3-11,13,15-30,32,34-35H2,1-2H3,(H,39,41)(H,42,43,44)/b14-12-,33-31+. The second-order valence-corrected chi connectivity index (χ2v) is 14.7. The summed E-state index contributed by atoms with van der Waals surface area (Å²) in [6.45, 7) is 4.49.